The number of hydrogen-bond acceptors (Lipinski definition) is 3. The molecule has 0 radical (unpaired) electrons. The summed E-state index contributed by atoms with van der Waals surface area (Å²) < 4.78 is 0. The third-order valence-electron chi connectivity index (χ3n) is 4.42. The maximum absolute atomic E-state index is 6.41. The Labute approximate surface area is 158 Å². The number of halogens is 1. The molecule has 0 saturated heterocycles. The summed E-state index contributed by atoms with van der Waals surface area (Å²) in [7, 11) is 2.00. The van der Waals surface area contributed by atoms with Gasteiger partial charge in [-0.25, -0.2) is 4.99 Å². The van der Waals surface area contributed by atoms with Gasteiger partial charge in [0.25, 0.3) is 0 Å². The van der Waals surface area contributed by atoms with E-state index in [0.29, 0.717) is 11.4 Å². The molecular formula is C22H18ClN3. The van der Waals surface area contributed by atoms with Crippen molar-refractivity contribution in [2.75, 3.05) is 11.9 Å². The van der Waals surface area contributed by atoms with Crippen LogP contribution in [0.2, 0.25) is 5.02 Å². The van der Waals surface area contributed by atoms with Crippen molar-refractivity contribution in [2.45, 2.75) is 6.42 Å². The average Bonchev–Trinajstić information content (AvgIpc) is 2.88. The molecule has 4 heteroatoms. The Kier molecular flexibility index (Phi) is 4.55. The number of amidine groups is 1. The summed E-state index contributed by atoms with van der Waals surface area (Å²) >= 11 is 6.41. The monoisotopic (exact) mass is 359 g/mol. The minimum absolute atomic E-state index is 0.625. The second-order valence-corrected chi connectivity index (χ2v) is 6.54. The topological polar surface area (TPSA) is 28.0 Å². The van der Waals surface area contributed by atoms with Crippen LogP contribution in [0.5, 0.6) is 0 Å². The number of para-hydroxylation sites is 3. The molecular weight excluding hydrogens is 342 g/mol. The molecule has 0 atom stereocenters. The molecule has 0 unspecified atom stereocenters. The fraction of sp³-hybridized carbons (Fsp3) is 0.0909. The normalized spacial score (nSPS) is 13.3. The van der Waals surface area contributed by atoms with Crippen molar-refractivity contribution >= 4 is 40.2 Å². The highest BCUT2D eigenvalue weighted by Gasteiger charge is 2.19. The van der Waals surface area contributed by atoms with Crippen molar-refractivity contribution in [3.63, 3.8) is 0 Å². The Morgan fingerprint density at radius 1 is 0.769 bits per heavy atom. The van der Waals surface area contributed by atoms with Gasteiger partial charge in [0.05, 0.1) is 27.8 Å². The Hall–Kier alpha value is -2.91. The second kappa shape index (κ2) is 7.14. The molecule has 128 valence electrons. The fourth-order valence-electron chi connectivity index (χ4n) is 3.02. The van der Waals surface area contributed by atoms with E-state index < -0.39 is 0 Å². The smallest absolute Gasteiger partial charge is 0.115 e. The molecule has 3 aromatic carbocycles. The van der Waals surface area contributed by atoms with Crippen LogP contribution in [0, 0.1) is 0 Å². The number of aliphatic imine (C=N–C) groups is 2. The van der Waals surface area contributed by atoms with Crippen molar-refractivity contribution in [3.05, 3.63) is 89.4 Å². The maximum atomic E-state index is 6.41. The van der Waals surface area contributed by atoms with Crippen LogP contribution in [0.25, 0.3) is 0 Å². The van der Waals surface area contributed by atoms with E-state index in [1.165, 1.54) is 0 Å². The molecule has 0 saturated carbocycles. The van der Waals surface area contributed by atoms with Gasteiger partial charge >= 0.3 is 0 Å². The first kappa shape index (κ1) is 16.6. The van der Waals surface area contributed by atoms with Crippen molar-refractivity contribution in [1.82, 2.24) is 0 Å². The van der Waals surface area contributed by atoms with Gasteiger partial charge in [0.2, 0.25) is 0 Å². The van der Waals surface area contributed by atoms with Crippen molar-refractivity contribution in [1.29, 1.82) is 0 Å². The summed E-state index contributed by atoms with van der Waals surface area (Å²) in [6.45, 7) is 0. The van der Waals surface area contributed by atoms with Gasteiger partial charge in [-0.05, 0) is 29.8 Å². The number of benzene rings is 3. The van der Waals surface area contributed by atoms with Crippen LogP contribution in [0.1, 0.15) is 12.0 Å². The molecule has 0 N–H and O–H groups in total. The molecule has 3 nitrogen and oxygen atoms in total. The first-order chi connectivity index (χ1) is 12.7. The summed E-state index contributed by atoms with van der Waals surface area (Å²) in [5, 5.41) is 0.702. The summed E-state index contributed by atoms with van der Waals surface area (Å²) in [4.78, 5) is 11.8. The lowest BCUT2D eigenvalue weighted by Gasteiger charge is -2.22. The molecule has 0 spiro atoms. The minimum atomic E-state index is 0.625. The van der Waals surface area contributed by atoms with E-state index in [4.69, 9.17) is 21.6 Å². The minimum Gasteiger partial charge on any atom is -0.331 e. The van der Waals surface area contributed by atoms with Crippen LogP contribution in [-0.2, 0) is 0 Å². The molecule has 1 aliphatic rings. The molecule has 26 heavy (non-hydrogen) atoms. The number of anilines is 1. The van der Waals surface area contributed by atoms with Crippen LogP contribution in [0.15, 0.2) is 88.8 Å². The van der Waals surface area contributed by atoms with Gasteiger partial charge in [-0.1, -0.05) is 66.2 Å². The Morgan fingerprint density at radius 2 is 1.38 bits per heavy atom. The lowest BCUT2D eigenvalue weighted by Crippen LogP contribution is -2.28. The molecule has 4 rings (SSSR count). The number of fused-ring (bicyclic) bond motifs is 1. The standard InChI is InChI=1S/C22H18ClN3/c1-26(21-14-8-5-11-17(21)23)22-15-20(16-9-3-2-4-10-16)24-18-12-6-7-13-19(18)25-22/h2-14H,15H2,1H3. The van der Waals surface area contributed by atoms with E-state index in [-0.39, 0.29) is 0 Å². The Bertz CT molecular complexity index is 993. The molecule has 0 amide bonds. The van der Waals surface area contributed by atoms with E-state index in [1.807, 2.05) is 78.7 Å². The predicted octanol–water partition coefficient (Wildman–Crippen LogP) is 6.03. The first-order valence-corrected chi connectivity index (χ1v) is 8.88. The van der Waals surface area contributed by atoms with Crippen molar-refractivity contribution in [2.24, 2.45) is 9.98 Å². The molecule has 1 heterocycles. The largest absolute Gasteiger partial charge is 0.331 e. The van der Waals surface area contributed by atoms with Gasteiger partial charge in [0.15, 0.2) is 0 Å². The van der Waals surface area contributed by atoms with Gasteiger partial charge < -0.3 is 4.90 Å². The Morgan fingerprint density at radius 3 is 2.12 bits per heavy atom. The molecule has 0 fully saturated rings. The summed E-state index contributed by atoms with van der Waals surface area (Å²) in [6.07, 6.45) is 0.625. The van der Waals surface area contributed by atoms with Gasteiger partial charge in [-0.2, -0.15) is 0 Å². The van der Waals surface area contributed by atoms with E-state index in [2.05, 4.69) is 12.1 Å². The molecule has 3 aromatic rings. The summed E-state index contributed by atoms with van der Waals surface area (Å²) in [6, 6.07) is 26.0. The van der Waals surface area contributed by atoms with E-state index in [9.17, 15) is 0 Å². The van der Waals surface area contributed by atoms with Gasteiger partial charge in [0.1, 0.15) is 5.84 Å². The van der Waals surface area contributed by atoms with Gasteiger partial charge in [-0.15, -0.1) is 0 Å². The number of rotatable bonds is 2. The zero-order valence-electron chi connectivity index (χ0n) is 14.4. The SMILES string of the molecule is CN(C1=Nc2ccccc2N=C(c2ccccc2)C1)c1ccccc1Cl. The highest BCUT2D eigenvalue weighted by Crippen LogP contribution is 2.33. The number of nitrogens with zero attached hydrogens (tertiary/aromatic N) is 3. The lowest BCUT2D eigenvalue weighted by atomic mass is 10.1. The van der Waals surface area contributed by atoms with E-state index >= 15 is 0 Å². The van der Waals surface area contributed by atoms with Crippen LogP contribution < -0.4 is 4.90 Å². The maximum Gasteiger partial charge on any atom is 0.115 e. The van der Waals surface area contributed by atoms with Crippen LogP contribution in [0.3, 0.4) is 0 Å². The lowest BCUT2D eigenvalue weighted by molar-refractivity contribution is 1.21. The zero-order chi connectivity index (χ0) is 17.9. The Balaban J connectivity index is 1.82. The van der Waals surface area contributed by atoms with Crippen LogP contribution in [0.4, 0.5) is 17.1 Å². The van der Waals surface area contributed by atoms with Crippen molar-refractivity contribution in [3.8, 4) is 0 Å². The molecule has 0 aliphatic carbocycles. The quantitative estimate of drug-likeness (QED) is 0.549. The third kappa shape index (κ3) is 3.26. The second-order valence-electron chi connectivity index (χ2n) is 6.13. The van der Waals surface area contributed by atoms with E-state index in [1.54, 1.807) is 0 Å². The summed E-state index contributed by atoms with van der Waals surface area (Å²) in [5.74, 6) is 0.908. The molecule has 1 aliphatic heterocycles. The van der Waals surface area contributed by atoms with Crippen molar-refractivity contribution < 1.29 is 0 Å². The zero-order valence-corrected chi connectivity index (χ0v) is 15.2. The van der Waals surface area contributed by atoms with E-state index in [0.717, 1.165) is 34.2 Å². The highest BCUT2D eigenvalue weighted by molar-refractivity contribution is 6.34. The average molecular weight is 360 g/mol. The van der Waals surface area contributed by atoms with Gasteiger partial charge in [0, 0.05) is 13.5 Å². The van der Waals surface area contributed by atoms with Crippen LogP contribution in [-0.4, -0.2) is 18.6 Å². The molecule has 0 aromatic heterocycles. The summed E-state index contributed by atoms with van der Waals surface area (Å²) in [5.41, 5.74) is 4.78. The predicted molar refractivity (Wildman–Crippen MR) is 111 cm³/mol. The van der Waals surface area contributed by atoms with Gasteiger partial charge in [-0.3, -0.25) is 4.99 Å². The first-order valence-electron chi connectivity index (χ1n) is 8.50. The fourth-order valence-corrected chi connectivity index (χ4v) is 3.28. The van der Waals surface area contributed by atoms with Crippen LogP contribution >= 0.6 is 11.6 Å². The molecule has 0 bridgehead atoms. The highest BCUT2D eigenvalue weighted by atomic mass is 35.5. The third-order valence-corrected chi connectivity index (χ3v) is 4.74. The number of hydrogen-bond donors (Lipinski definition) is 0.